The number of hydrogen-bond acceptors (Lipinski definition) is 8. The molecule has 0 bridgehead atoms. The van der Waals surface area contributed by atoms with E-state index in [0.717, 1.165) is 41.0 Å². The second-order valence-corrected chi connectivity index (χ2v) is 9.04. The number of carbonyl (C=O) groups excluding carboxylic acids is 1. The molecule has 0 radical (unpaired) electrons. The average molecular weight is 496 g/mol. The molecule has 2 N–H and O–H groups in total. The molecule has 3 heterocycles. The Labute approximate surface area is 215 Å². The highest BCUT2D eigenvalue weighted by molar-refractivity contribution is 5.96. The first-order valence-corrected chi connectivity index (χ1v) is 12.2. The van der Waals surface area contributed by atoms with Crippen LogP contribution < -0.4 is 15.5 Å². The van der Waals surface area contributed by atoms with E-state index in [0.29, 0.717) is 48.1 Å². The molecule has 9 nitrogen and oxygen atoms in total. The molecule has 1 saturated heterocycles. The maximum absolute atomic E-state index is 12.9. The van der Waals surface area contributed by atoms with Crippen molar-refractivity contribution < 1.29 is 9.53 Å². The van der Waals surface area contributed by atoms with E-state index < -0.39 is 0 Å². The Morgan fingerprint density at radius 3 is 2.57 bits per heavy atom. The van der Waals surface area contributed by atoms with Crippen LogP contribution in [0.2, 0.25) is 0 Å². The van der Waals surface area contributed by atoms with E-state index >= 15 is 0 Å². The summed E-state index contributed by atoms with van der Waals surface area (Å²) in [7, 11) is 0. The molecule has 1 fully saturated rings. The number of amides is 1. The van der Waals surface area contributed by atoms with Gasteiger partial charge in [0.15, 0.2) is 5.82 Å². The Kier molecular flexibility index (Phi) is 7.04. The first-order valence-electron chi connectivity index (χ1n) is 12.2. The fraction of sp³-hybridized carbons (Fsp3) is 0.250. The molecule has 4 aromatic rings. The number of hydrogen-bond donors (Lipinski definition) is 2. The van der Waals surface area contributed by atoms with Gasteiger partial charge in [0.1, 0.15) is 17.4 Å². The van der Waals surface area contributed by atoms with E-state index in [4.69, 9.17) is 9.72 Å². The molecule has 0 spiro atoms. The van der Waals surface area contributed by atoms with Crippen LogP contribution in [-0.4, -0.2) is 52.1 Å². The lowest BCUT2D eigenvalue weighted by molar-refractivity contribution is 0.0951. The van der Waals surface area contributed by atoms with E-state index in [-0.39, 0.29) is 5.91 Å². The standard InChI is InChI=1S/C28H29N7O2/c1-18(2)21-8-5-20(6-9-21)15-29-27(36)22-7-4-19(3)23(14-22)33-26-25-24(31-17-32-26)16-30-28(34-25)35-10-12-37-13-11-35/h4-9,14,16-17H,1,10-13,15H2,2-3H3,(H,29,36)(H,31,32,33). The number of aryl methyl sites for hydroxylation is 1. The number of ether oxygens (including phenoxy) is 1. The molecule has 5 rings (SSSR count). The summed E-state index contributed by atoms with van der Waals surface area (Å²) in [6.45, 7) is 11.1. The minimum atomic E-state index is -0.156. The minimum absolute atomic E-state index is 0.156. The predicted octanol–water partition coefficient (Wildman–Crippen LogP) is 4.27. The molecule has 37 heavy (non-hydrogen) atoms. The third-order valence-corrected chi connectivity index (χ3v) is 6.31. The van der Waals surface area contributed by atoms with Gasteiger partial charge in [0.2, 0.25) is 5.95 Å². The molecule has 188 valence electrons. The van der Waals surface area contributed by atoms with Gasteiger partial charge in [0, 0.05) is 30.9 Å². The number of rotatable bonds is 7. The second kappa shape index (κ2) is 10.7. The van der Waals surface area contributed by atoms with Gasteiger partial charge in [-0.05, 0) is 42.7 Å². The summed E-state index contributed by atoms with van der Waals surface area (Å²) >= 11 is 0. The summed E-state index contributed by atoms with van der Waals surface area (Å²) in [4.78, 5) is 33.0. The highest BCUT2D eigenvalue weighted by Gasteiger charge is 2.17. The van der Waals surface area contributed by atoms with Crippen molar-refractivity contribution in [3.63, 3.8) is 0 Å². The molecule has 9 heteroatoms. The van der Waals surface area contributed by atoms with Crippen molar-refractivity contribution >= 4 is 40.0 Å². The molecule has 2 aromatic carbocycles. The summed E-state index contributed by atoms with van der Waals surface area (Å²) in [5.74, 6) is 1.02. The molecule has 0 saturated carbocycles. The van der Waals surface area contributed by atoms with Crippen molar-refractivity contribution in [2.24, 2.45) is 0 Å². The van der Waals surface area contributed by atoms with Gasteiger partial charge in [0.25, 0.3) is 5.91 Å². The number of benzene rings is 2. The highest BCUT2D eigenvalue weighted by atomic mass is 16.5. The van der Waals surface area contributed by atoms with E-state index in [9.17, 15) is 4.79 Å². The number of morpholine rings is 1. The van der Waals surface area contributed by atoms with Crippen LogP contribution in [0.4, 0.5) is 17.5 Å². The number of nitrogens with zero attached hydrogens (tertiary/aromatic N) is 5. The molecule has 1 aliphatic rings. The van der Waals surface area contributed by atoms with Crippen molar-refractivity contribution in [1.29, 1.82) is 0 Å². The van der Waals surface area contributed by atoms with Crippen molar-refractivity contribution in [1.82, 2.24) is 25.3 Å². The van der Waals surface area contributed by atoms with Crippen LogP contribution in [0.5, 0.6) is 0 Å². The SMILES string of the molecule is C=C(C)c1ccc(CNC(=O)c2ccc(C)c(Nc3ncnc4cnc(N5CCOCC5)nc34)c2)cc1. The van der Waals surface area contributed by atoms with Gasteiger partial charge in [-0.3, -0.25) is 4.79 Å². The Morgan fingerprint density at radius 1 is 1.05 bits per heavy atom. The van der Waals surface area contributed by atoms with Crippen LogP contribution in [0.15, 0.2) is 61.6 Å². The molecule has 0 atom stereocenters. The fourth-order valence-electron chi connectivity index (χ4n) is 4.07. The van der Waals surface area contributed by atoms with Crippen LogP contribution >= 0.6 is 0 Å². The van der Waals surface area contributed by atoms with Crippen molar-refractivity contribution in [2.75, 3.05) is 36.5 Å². The highest BCUT2D eigenvalue weighted by Crippen LogP contribution is 2.26. The lowest BCUT2D eigenvalue weighted by Crippen LogP contribution is -2.37. The van der Waals surface area contributed by atoms with Gasteiger partial charge in [-0.25, -0.2) is 19.9 Å². The molecular formula is C28H29N7O2. The number of nitrogens with one attached hydrogen (secondary N) is 2. The van der Waals surface area contributed by atoms with Gasteiger partial charge < -0.3 is 20.3 Å². The minimum Gasteiger partial charge on any atom is -0.378 e. The first-order chi connectivity index (χ1) is 18.0. The number of fused-ring (bicyclic) bond motifs is 1. The van der Waals surface area contributed by atoms with Crippen LogP contribution in [0.3, 0.4) is 0 Å². The second-order valence-electron chi connectivity index (χ2n) is 9.04. The molecule has 1 amide bonds. The summed E-state index contributed by atoms with van der Waals surface area (Å²) in [5.41, 5.74) is 6.66. The van der Waals surface area contributed by atoms with E-state index in [1.54, 1.807) is 6.20 Å². The monoisotopic (exact) mass is 495 g/mol. The number of aromatic nitrogens is 4. The zero-order valence-corrected chi connectivity index (χ0v) is 21.0. The van der Waals surface area contributed by atoms with Crippen molar-refractivity contribution in [2.45, 2.75) is 20.4 Å². The zero-order valence-electron chi connectivity index (χ0n) is 21.0. The number of allylic oxidation sites excluding steroid dienone is 1. The summed E-state index contributed by atoms with van der Waals surface area (Å²) in [6.07, 6.45) is 3.19. The molecular weight excluding hydrogens is 466 g/mol. The number of anilines is 3. The molecule has 0 unspecified atom stereocenters. The third-order valence-electron chi connectivity index (χ3n) is 6.31. The lowest BCUT2D eigenvalue weighted by atomic mass is 10.1. The van der Waals surface area contributed by atoms with Gasteiger partial charge in [0.05, 0.1) is 19.4 Å². The summed E-state index contributed by atoms with van der Waals surface area (Å²) in [5, 5.41) is 6.36. The van der Waals surface area contributed by atoms with Crippen LogP contribution in [0.25, 0.3) is 16.6 Å². The van der Waals surface area contributed by atoms with Gasteiger partial charge in [-0.1, -0.05) is 42.5 Å². The molecule has 2 aromatic heterocycles. The van der Waals surface area contributed by atoms with Crippen molar-refractivity contribution in [3.05, 3.63) is 83.8 Å². The topological polar surface area (TPSA) is 105 Å². The quantitative estimate of drug-likeness (QED) is 0.392. The van der Waals surface area contributed by atoms with E-state index in [2.05, 4.69) is 37.1 Å². The van der Waals surface area contributed by atoms with Crippen LogP contribution in [-0.2, 0) is 11.3 Å². The predicted molar refractivity (Wildman–Crippen MR) is 145 cm³/mol. The Morgan fingerprint density at radius 2 is 1.81 bits per heavy atom. The van der Waals surface area contributed by atoms with Crippen molar-refractivity contribution in [3.8, 4) is 0 Å². The van der Waals surface area contributed by atoms with Crippen LogP contribution in [0, 0.1) is 6.92 Å². The largest absolute Gasteiger partial charge is 0.378 e. The van der Waals surface area contributed by atoms with Crippen LogP contribution in [0.1, 0.15) is 34.0 Å². The van der Waals surface area contributed by atoms with Gasteiger partial charge >= 0.3 is 0 Å². The normalized spacial score (nSPS) is 13.4. The third kappa shape index (κ3) is 5.57. The average Bonchev–Trinajstić information content (AvgIpc) is 2.93. The maximum Gasteiger partial charge on any atom is 0.251 e. The zero-order chi connectivity index (χ0) is 25.8. The van der Waals surface area contributed by atoms with Gasteiger partial charge in [-0.2, -0.15) is 0 Å². The first kappa shape index (κ1) is 24.3. The van der Waals surface area contributed by atoms with Gasteiger partial charge in [-0.15, -0.1) is 0 Å². The Hall–Kier alpha value is -4.37. The lowest BCUT2D eigenvalue weighted by Gasteiger charge is -2.26. The summed E-state index contributed by atoms with van der Waals surface area (Å²) < 4.78 is 5.44. The summed E-state index contributed by atoms with van der Waals surface area (Å²) in [6, 6.07) is 13.6. The fourth-order valence-corrected chi connectivity index (χ4v) is 4.07. The smallest absolute Gasteiger partial charge is 0.251 e. The Bertz CT molecular complexity index is 1450. The van der Waals surface area contributed by atoms with E-state index in [1.165, 1.54) is 6.33 Å². The Balaban J connectivity index is 1.34. The molecule has 1 aliphatic heterocycles. The molecule has 0 aliphatic carbocycles. The van der Waals surface area contributed by atoms with E-state index in [1.807, 2.05) is 56.3 Å². The number of carbonyl (C=O) groups is 1. The maximum atomic E-state index is 12.9.